The van der Waals surface area contributed by atoms with Crippen molar-refractivity contribution in [3.63, 3.8) is 0 Å². The average molecular weight is 348 g/mol. The van der Waals surface area contributed by atoms with Crippen LogP contribution in [0, 0.1) is 0 Å². The molecule has 9 heteroatoms. The Hall–Kier alpha value is -3.07. The number of benzene rings is 1. The second kappa shape index (κ2) is 8.15. The van der Waals surface area contributed by atoms with Crippen molar-refractivity contribution in [2.45, 2.75) is 6.10 Å². The number of anilines is 1. The van der Waals surface area contributed by atoms with Crippen LogP contribution in [0.25, 0.3) is 0 Å². The van der Waals surface area contributed by atoms with E-state index in [1.54, 1.807) is 31.4 Å². The number of aliphatic hydroxyl groups is 1. The van der Waals surface area contributed by atoms with Gasteiger partial charge in [-0.1, -0.05) is 6.07 Å². The zero-order chi connectivity index (χ0) is 18.4. The fourth-order valence-electron chi connectivity index (χ4n) is 2.12. The van der Waals surface area contributed by atoms with E-state index < -0.39 is 17.6 Å². The maximum Gasteiger partial charge on any atom is 0.272 e. The van der Waals surface area contributed by atoms with E-state index in [4.69, 9.17) is 15.2 Å². The number of nitrogens with one attached hydrogen (secondary N) is 1. The van der Waals surface area contributed by atoms with Crippen LogP contribution in [-0.2, 0) is 0 Å². The second-order valence-corrected chi connectivity index (χ2v) is 5.35. The van der Waals surface area contributed by atoms with Crippen LogP contribution in [0.5, 0.6) is 11.5 Å². The van der Waals surface area contributed by atoms with Crippen molar-refractivity contribution in [3.8, 4) is 11.5 Å². The lowest BCUT2D eigenvalue weighted by molar-refractivity contribution is 0.0559. The van der Waals surface area contributed by atoms with Gasteiger partial charge in [0.05, 0.1) is 7.11 Å². The molecule has 0 aliphatic heterocycles. The second-order valence-electron chi connectivity index (χ2n) is 5.35. The first-order valence-corrected chi connectivity index (χ1v) is 7.46. The Kier molecular flexibility index (Phi) is 5.96. The van der Waals surface area contributed by atoms with E-state index in [9.17, 15) is 14.7 Å². The predicted molar refractivity (Wildman–Crippen MR) is 90.7 cm³/mol. The van der Waals surface area contributed by atoms with Gasteiger partial charge in [0.2, 0.25) is 5.95 Å². The molecular weight excluding hydrogens is 328 g/mol. The number of carbonyl (C=O) groups excluding carboxylic acids is 1. The van der Waals surface area contributed by atoms with Gasteiger partial charge in [-0.2, -0.15) is 0 Å². The third-order valence-corrected chi connectivity index (χ3v) is 3.29. The fourth-order valence-corrected chi connectivity index (χ4v) is 2.12. The van der Waals surface area contributed by atoms with E-state index in [2.05, 4.69) is 9.97 Å². The summed E-state index contributed by atoms with van der Waals surface area (Å²) in [4.78, 5) is 30.8. The van der Waals surface area contributed by atoms with E-state index in [0.717, 1.165) is 6.07 Å². The maximum atomic E-state index is 12.2. The van der Waals surface area contributed by atoms with Gasteiger partial charge in [0.1, 0.15) is 29.9 Å². The highest BCUT2D eigenvalue weighted by Crippen LogP contribution is 2.18. The number of aliphatic hydroxyl groups excluding tert-OH is 1. The molecule has 9 nitrogen and oxygen atoms in total. The number of rotatable bonds is 7. The van der Waals surface area contributed by atoms with Crippen molar-refractivity contribution in [1.29, 1.82) is 0 Å². The zero-order valence-corrected chi connectivity index (χ0v) is 13.9. The average Bonchev–Trinajstić information content (AvgIpc) is 2.58. The summed E-state index contributed by atoms with van der Waals surface area (Å²) < 4.78 is 10.6. The lowest BCUT2D eigenvalue weighted by Gasteiger charge is -2.20. The smallest absolute Gasteiger partial charge is 0.272 e. The topological polar surface area (TPSA) is 131 Å². The van der Waals surface area contributed by atoms with E-state index in [-0.39, 0.29) is 24.8 Å². The molecule has 0 unspecified atom stereocenters. The first-order chi connectivity index (χ1) is 11.9. The van der Waals surface area contributed by atoms with Crippen molar-refractivity contribution < 1.29 is 19.4 Å². The molecule has 1 aromatic carbocycles. The first kappa shape index (κ1) is 18.3. The molecule has 1 heterocycles. The van der Waals surface area contributed by atoms with Gasteiger partial charge in [-0.15, -0.1) is 0 Å². The molecule has 0 radical (unpaired) electrons. The number of methoxy groups -OCH3 is 1. The largest absolute Gasteiger partial charge is 0.497 e. The number of likely N-dealkylation sites (N-methyl/N-ethyl adjacent to an activating group) is 1. The number of hydrogen-bond donors (Lipinski definition) is 3. The minimum atomic E-state index is -0.931. The van der Waals surface area contributed by atoms with Crippen LogP contribution in [0.4, 0.5) is 5.95 Å². The molecule has 1 atom stereocenters. The summed E-state index contributed by atoms with van der Waals surface area (Å²) in [6.07, 6.45) is -0.931. The van der Waals surface area contributed by atoms with Crippen LogP contribution in [0.2, 0.25) is 0 Å². The Morgan fingerprint density at radius 2 is 2.12 bits per heavy atom. The monoisotopic (exact) mass is 348 g/mol. The van der Waals surface area contributed by atoms with E-state index >= 15 is 0 Å². The standard InChI is InChI=1S/C16H20N4O5/c1-20(15(23)13-7-14(22)19-16(17)18-13)8-10(21)9-25-12-5-3-4-11(6-12)24-2/h3-7,10,21H,8-9H2,1-2H3,(H3,17,18,19,22)/t10-/m1/s1. The van der Waals surface area contributed by atoms with Crippen molar-refractivity contribution in [1.82, 2.24) is 14.9 Å². The molecule has 1 amide bonds. The first-order valence-electron chi connectivity index (χ1n) is 7.46. The summed E-state index contributed by atoms with van der Waals surface area (Å²) in [5, 5.41) is 10.0. The van der Waals surface area contributed by atoms with Gasteiger partial charge in [0.15, 0.2) is 0 Å². The Labute approximate surface area is 144 Å². The predicted octanol–water partition coefficient (Wildman–Crippen LogP) is -0.127. The highest BCUT2D eigenvalue weighted by Gasteiger charge is 2.18. The van der Waals surface area contributed by atoms with Crippen LogP contribution in [0.15, 0.2) is 35.1 Å². The number of hydrogen-bond acceptors (Lipinski definition) is 7. The number of nitrogen functional groups attached to an aromatic ring is 1. The fraction of sp³-hybridized carbons (Fsp3) is 0.312. The van der Waals surface area contributed by atoms with Crippen molar-refractivity contribution >= 4 is 11.9 Å². The molecule has 2 aromatic rings. The van der Waals surface area contributed by atoms with Crippen LogP contribution < -0.4 is 20.8 Å². The number of aromatic amines is 1. The van der Waals surface area contributed by atoms with Gasteiger partial charge < -0.3 is 25.2 Å². The van der Waals surface area contributed by atoms with Gasteiger partial charge >= 0.3 is 0 Å². The van der Waals surface area contributed by atoms with Crippen LogP contribution in [0.3, 0.4) is 0 Å². The lowest BCUT2D eigenvalue weighted by atomic mass is 10.3. The summed E-state index contributed by atoms with van der Waals surface area (Å²) in [7, 11) is 3.03. The van der Waals surface area contributed by atoms with Gasteiger partial charge in [-0.3, -0.25) is 14.6 Å². The van der Waals surface area contributed by atoms with Gasteiger partial charge in [-0.05, 0) is 12.1 Å². The normalized spacial score (nSPS) is 11.6. The van der Waals surface area contributed by atoms with Crippen molar-refractivity contribution in [2.24, 2.45) is 0 Å². The van der Waals surface area contributed by atoms with Gasteiger partial charge in [0.25, 0.3) is 11.5 Å². The van der Waals surface area contributed by atoms with E-state index in [1.165, 1.54) is 11.9 Å². The molecule has 0 fully saturated rings. The molecule has 0 saturated heterocycles. The lowest BCUT2D eigenvalue weighted by Crippen LogP contribution is -2.37. The Bertz CT molecular complexity index is 792. The molecule has 25 heavy (non-hydrogen) atoms. The molecule has 0 saturated carbocycles. The molecule has 134 valence electrons. The number of amides is 1. The van der Waals surface area contributed by atoms with Crippen LogP contribution in [0.1, 0.15) is 10.5 Å². The molecule has 0 bridgehead atoms. The number of H-pyrrole nitrogens is 1. The number of carbonyl (C=O) groups is 1. The molecule has 1 aromatic heterocycles. The third kappa shape index (κ3) is 5.21. The molecule has 2 rings (SSSR count). The van der Waals surface area contributed by atoms with Gasteiger partial charge in [-0.25, -0.2) is 4.98 Å². The van der Waals surface area contributed by atoms with Crippen LogP contribution in [-0.4, -0.2) is 59.3 Å². The summed E-state index contributed by atoms with van der Waals surface area (Å²) in [6.45, 7) is -0.0209. The van der Waals surface area contributed by atoms with Crippen molar-refractivity contribution in [3.05, 3.63) is 46.4 Å². The summed E-state index contributed by atoms with van der Waals surface area (Å²) in [6, 6.07) is 8.00. The molecule has 0 spiro atoms. The zero-order valence-electron chi connectivity index (χ0n) is 13.9. The maximum absolute atomic E-state index is 12.2. The molecular formula is C16H20N4O5. The number of ether oxygens (including phenoxy) is 2. The van der Waals surface area contributed by atoms with E-state index in [0.29, 0.717) is 11.5 Å². The summed E-state index contributed by atoms with van der Waals surface area (Å²) in [5.41, 5.74) is 4.80. The minimum Gasteiger partial charge on any atom is -0.497 e. The molecule has 0 aliphatic carbocycles. The number of nitrogens with zero attached hydrogens (tertiary/aromatic N) is 2. The number of aromatic nitrogens is 2. The Morgan fingerprint density at radius 1 is 1.40 bits per heavy atom. The Morgan fingerprint density at radius 3 is 2.80 bits per heavy atom. The quantitative estimate of drug-likeness (QED) is 0.635. The SMILES string of the molecule is COc1cccc(OC[C@H](O)CN(C)C(=O)c2cc(=O)[nH]c(N)n2)c1. The van der Waals surface area contributed by atoms with Crippen LogP contribution >= 0.6 is 0 Å². The Balaban J connectivity index is 1.91. The summed E-state index contributed by atoms with van der Waals surface area (Å²) >= 11 is 0. The number of nitrogens with two attached hydrogens (primary N) is 1. The molecule has 0 aliphatic rings. The molecule has 4 N–H and O–H groups in total. The van der Waals surface area contributed by atoms with Crippen molar-refractivity contribution in [2.75, 3.05) is 33.0 Å². The van der Waals surface area contributed by atoms with Gasteiger partial charge in [0, 0.05) is 25.7 Å². The minimum absolute atomic E-state index is 0.00279. The highest BCUT2D eigenvalue weighted by atomic mass is 16.5. The highest BCUT2D eigenvalue weighted by molar-refractivity contribution is 5.92. The summed E-state index contributed by atoms with van der Waals surface area (Å²) in [5.74, 6) is 0.498. The third-order valence-electron chi connectivity index (χ3n) is 3.29. The van der Waals surface area contributed by atoms with E-state index in [1.807, 2.05) is 0 Å².